The fourth-order valence-corrected chi connectivity index (χ4v) is 2.95. The van der Waals surface area contributed by atoms with E-state index in [2.05, 4.69) is 35.8 Å². The highest BCUT2D eigenvalue weighted by Crippen LogP contribution is 2.13. The Morgan fingerprint density at radius 1 is 1.43 bits per heavy atom. The predicted molar refractivity (Wildman–Crippen MR) is 86.2 cm³/mol. The maximum absolute atomic E-state index is 12.5. The van der Waals surface area contributed by atoms with Gasteiger partial charge in [0, 0.05) is 37.9 Å². The molecular formula is C16H23N3OS. The average molecular weight is 305 g/mol. The molecular weight excluding hydrogens is 282 g/mol. The molecule has 0 saturated carbocycles. The lowest BCUT2D eigenvalue weighted by Gasteiger charge is -2.24. The smallest absolute Gasteiger partial charge is 0.224 e. The van der Waals surface area contributed by atoms with E-state index in [0.29, 0.717) is 25.4 Å². The minimum Gasteiger partial charge on any atom is -0.338 e. The van der Waals surface area contributed by atoms with E-state index in [1.165, 1.54) is 5.56 Å². The van der Waals surface area contributed by atoms with Gasteiger partial charge in [0.05, 0.1) is 0 Å². The highest BCUT2D eigenvalue weighted by Gasteiger charge is 2.16. The molecule has 1 amide bonds. The van der Waals surface area contributed by atoms with Crippen LogP contribution in [-0.4, -0.2) is 27.1 Å². The van der Waals surface area contributed by atoms with Crippen molar-refractivity contribution in [2.75, 3.05) is 6.54 Å². The number of amides is 1. The largest absolute Gasteiger partial charge is 0.338 e. The van der Waals surface area contributed by atoms with Crippen LogP contribution in [0, 0.1) is 12.8 Å². The number of nitrogens with zero attached hydrogens (tertiary/aromatic N) is 3. The fourth-order valence-electron chi connectivity index (χ4n) is 2.29. The van der Waals surface area contributed by atoms with Gasteiger partial charge in [-0.1, -0.05) is 13.8 Å². The van der Waals surface area contributed by atoms with E-state index >= 15 is 0 Å². The summed E-state index contributed by atoms with van der Waals surface area (Å²) in [4.78, 5) is 14.5. The summed E-state index contributed by atoms with van der Waals surface area (Å²) in [6, 6.07) is 4.05. The Morgan fingerprint density at radius 3 is 2.81 bits per heavy atom. The first kappa shape index (κ1) is 15.8. The molecule has 0 bridgehead atoms. The molecule has 2 heterocycles. The molecule has 0 atom stereocenters. The number of thiophene rings is 1. The van der Waals surface area contributed by atoms with Crippen LogP contribution >= 0.6 is 11.3 Å². The van der Waals surface area contributed by atoms with E-state index in [4.69, 9.17) is 0 Å². The molecule has 0 aromatic carbocycles. The normalized spacial score (nSPS) is 11.0. The van der Waals surface area contributed by atoms with Crippen molar-refractivity contribution in [2.45, 2.75) is 40.3 Å². The highest BCUT2D eigenvalue weighted by molar-refractivity contribution is 7.07. The summed E-state index contributed by atoms with van der Waals surface area (Å²) in [5.74, 6) is 0.670. The lowest BCUT2D eigenvalue weighted by molar-refractivity contribution is -0.132. The van der Waals surface area contributed by atoms with Crippen LogP contribution in [0.2, 0.25) is 0 Å². The molecule has 2 rings (SSSR count). The monoisotopic (exact) mass is 305 g/mol. The van der Waals surface area contributed by atoms with Crippen LogP contribution in [0.15, 0.2) is 29.1 Å². The number of aromatic nitrogens is 2. The molecule has 0 fully saturated rings. The molecule has 2 aromatic rings. The van der Waals surface area contributed by atoms with Crippen molar-refractivity contribution in [2.24, 2.45) is 5.92 Å². The second-order valence-corrected chi connectivity index (χ2v) is 6.53. The number of carbonyl (C=O) groups is 1. The van der Waals surface area contributed by atoms with Gasteiger partial charge in [0.15, 0.2) is 0 Å². The van der Waals surface area contributed by atoms with E-state index in [1.807, 2.05) is 22.6 Å². The molecule has 114 valence electrons. The van der Waals surface area contributed by atoms with Crippen molar-refractivity contribution in [3.63, 3.8) is 0 Å². The summed E-state index contributed by atoms with van der Waals surface area (Å²) in [7, 11) is 0. The maximum Gasteiger partial charge on any atom is 0.224 e. The van der Waals surface area contributed by atoms with E-state index in [1.54, 1.807) is 17.5 Å². The minimum atomic E-state index is 0.199. The molecule has 0 spiro atoms. The molecule has 21 heavy (non-hydrogen) atoms. The zero-order valence-corrected chi connectivity index (χ0v) is 13.8. The summed E-state index contributed by atoms with van der Waals surface area (Å²) in [5.41, 5.74) is 2.31. The van der Waals surface area contributed by atoms with Crippen LogP contribution in [0.4, 0.5) is 0 Å². The Balaban J connectivity index is 1.95. The van der Waals surface area contributed by atoms with Gasteiger partial charge in [0.1, 0.15) is 0 Å². The van der Waals surface area contributed by atoms with Gasteiger partial charge in [-0.25, -0.2) is 0 Å². The van der Waals surface area contributed by atoms with E-state index in [9.17, 15) is 4.79 Å². The van der Waals surface area contributed by atoms with Gasteiger partial charge in [0.2, 0.25) is 5.91 Å². The van der Waals surface area contributed by atoms with E-state index in [0.717, 1.165) is 12.2 Å². The van der Waals surface area contributed by atoms with E-state index in [-0.39, 0.29) is 5.91 Å². The summed E-state index contributed by atoms with van der Waals surface area (Å²) in [6.07, 6.45) is 2.27. The molecule has 0 N–H and O–H groups in total. The van der Waals surface area contributed by atoms with E-state index < -0.39 is 0 Å². The van der Waals surface area contributed by atoms with Crippen LogP contribution < -0.4 is 0 Å². The van der Waals surface area contributed by atoms with Crippen LogP contribution in [-0.2, 0) is 17.9 Å². The molecule has 0 aliphatic carbocycles. The Kier molecular flexibility index (Phi) is 5.56. The standard InChI is InChI=1S/C16H23N3OS/c1-13(2)10-18(11-15-6-9-21-12-15)16(20)5-8-19-14(3)4-7-17-19/h4,6-7,9,12-13H,5,8,10-11H2,1-3H3. The number of hydrogen-bond acceptors (Lipinski definition) is 3. The van der Waals surface area contributed by atoms with Crippen LogP contribution in [0.25, 0.3) is 0 Å². The lowest BCUT2D eigenvalue weighted by Crippen LogP contribution is -2.34. The second-order valence-electron chi connectivity index (χ2n) is 5.75. The number of hydrogen-bond donors (Lipinski definition) is 0. The first-order valence-electron chi connectivity index (χ1n) is 7.33. The quantitative estimate of drug-likeness (QED) is 0.787. The molecule has 4 nitrogen and oxygen atoms in total. The zero-order chi connectivity index (χ0) is 15.2. The van der Waals surface area contributed by atoms with Crippen molar-refractivity contribution in [3.05, 3.63) is 40.3 Å². The number of rotatable bonds is 7. The van der Waals surface area contributed by atoms with Gasteiger partial charge in [-0.05, 0) is 41.3 Å². The van der Waals surface area contributed by atoms with Gasteiger partial charge >= 0.3 is 0 Å². The Labute approximate surface area is 130 Å². The van der Waals surface area contributed by atoms with Gasteiger partial charge in [0.25, 0.3) is 0 Å². The SMILES string of the molecule is Cc1ccnn1CCC(=O)N(Cc1ccsc1)CC(C)C. The van der Waals surface area contributed by atoms with Crippen LogP contribution in [0.3, 0.4) is 0 Å². The topological polar surface area (TPSA) is 38.1 Å². The molecule has 0 aliphatic rings. The second kappa shape index (κ2) is 7.41. The van der Waals surface area contributed by atoms with Crippen molar-refractivity contribution in [1.29, 1.82) is 0 Å². The third-order valence-corrected chi connectivity index (χ3v) is 4.09. The summed E-state index contributed by atoms with van der Waals surface area (Å²) in [5, 5.41) is 8.40. The Hall–Kier alpha value is -1.62. The summed E-state index contributed by atoms with van der Waals surface area (Å²) < 4.78 is 1.88. The van der Waals surface area contributed by atoms with Crippen LogP contribution in [0.5, 0.6) is 0 Å². The first-order chi connectivity index (χ1) is 10.1. The zero-order valence-electron chi connectivity index (χ0n) is 13.0. The predicted octanol–water partition coefficient (Wildman–Crippen LogP) is 3.33. The first-order valence-corrected chi connectivity index (χ1v) is 8.28. The van der Waals surface area contributed by atoms with Crippen molar-refractivity contribution in [3.8, 4) is 0 Å². The summed E-state index contributed by atoms with van der Waals surface area (Å²) in [6.45, 7) is 8.45. The molecule has 0 radical (unpaired) electrons. The lowest BCUT2D eigenvalue weighted by atomic mass is 10.2. The number of carbonyl (C=O) groups excluding carboxylic acids is 1. The molecule has 0 unspecified atom stereocenters. The minimum absolute atomic E-state index is 0.199. The van der Waals surface area contributed by atoms with Gasteiger partial charge < -0.3 is 4.90 Å². The van der Waals surface area contributed by atoms with Gasteiger partial charge in [-0.2, -0.15) is 16.4 Å². The fraction of sp³-hybridized carbons (Fsp3) is 0.500. The molecule has 0 saturated heterocycles. The maximum atomic E-state index is 12.5. The Bertz CT molecular complexity index is 560. The molecule has 0 aliphatic heterocycles. The highest BCUT2D eigenvalue weighted by atomic mass is 32.1. The molecule has 5 heteroatoms. The summed E-state index contributed by atoms with van der Waals surface area (Å²) >= 11 is 1.67. The van der Waals surface area contributed by atoms with Gasteiger partial charge in [-0.15, -0.1) is 0 Å². The average Bonchev–Trinajstić information content (AvgIpc) is 3.06. The third-order valence-electron chi connectivity index (χ3n) is 3.36. The van der Waals surface area contributed by atoms with Crippen LogP contribution in [0.1, 0.15) is 31.5 Å². The van der Waals surface area contributed by atoms with Crippen molar-refractivity contribution >= 4 is 17.2 Å². The van der Waals surface area contributed by atoms with Crippen molar-refractivity contribution in [1.82, 2.24) is 14.7 Å². The van der Waals surface area contributed by atoms with Crippen molar-refractivity contribution < 1.29 is 4.79 Å². The van der Waals surface area contributed by atoms with Gasteiger partial charge in [-0.3, -0.25) is 9.48 Å². The number of aryl methyl sites for hydroxylation is 2. The Morgan fingerprint density at radius 2 is 2.24 bits per heavy atom. The third kappa shape index (κ3) is 4.70. The molecule has 2 aromatic heterocycles.